The molecule has 0 spiro atoms. The van der Waals surface area contributed by atoms with Gasteiger partial charge in [0.25, 0.3) is 11.8 Å². The highest BCUT2D eigenvalue weighted by Crippen LogP contribution is 2.31. The summed E-state index contributed by atoms with van der Waals surface area (Å²) in [6.07, 6.45) is -0.239. The van der Waals surface area contributed by atoms with Gasteiger partial charge in [0.2, 0.25) is 0 Å². The predicted octanol–water partition coefficient (Wildman–Crippen LogP) is 4.70. The molecule has 35 heavy (non-hydrogen) atoms. The van der Waals surface area contributed by atoms with E-state index < -0.39 is 18.0 Å². The molecule has 1 aliphatic rings. The summed E-state index contributed by atoms with van der Waals surface area (Å²) < 4.78 is 25.4. The molecule has 1 N–H and O–H groups in total. The normalized spacial score (nSPS) is 15.0. The van der Waals surface area contributed by atoms with Gasteiger partial charge in [-0.1, -0.05) is 37.3 Å². The second-order valence-electron chi connectivity index (χ2n) is 8.17. The van der Waals surface area contributed by atoms with E-state index in [4.69, 9.17) is 9.47 Å². The number of anilines is 1. The molecule has 1 aliphatic heterocycles. The number of hydrogen-bond acceptors (Lipinski definition) is 5. The van der Waals surface area contributed by atoms with Crippen LogP contribution in [0.25, 0.3) is 0 Å². The third-order valence-corrected chi connectivity index (χ3v) is 5.61. The van der Waals surface area contributed by atoms with E-state index in [1.807, 2.05) is 6.92 Å². The van der Waals surface area contributed by atoms with Crippen molar-refractivity contribution < 1.29 is 28.2 Å². The summed E-state index contributed by atoms with van der Waals surface area (Å²) in [4.78, 5) is 38.9. The largest absolute Gasteiger partial charge is 0.480 e. The van der Waals surface area contributed by atoms with Crippen molar-refractivity contribution in [3.63, 3.8) is 0 Å². The lowest BCUT2D eigenvalue weighted by atomic mass is 10.1. The highest BCUT2D eigenvalue weighted by Gasteiger charge is 2.30. The fraction of sp³-hybridized carbons (Fsp3) is 0.222. The van der Waals surface area contributed by atoms with Crippen LogP contribution in [0.3, 0.4) is 0 Å². The summed E-state index contributed by atoms with van der Waals surface area (Å²) >= 11 is 0. The molecule has 2 amide bonds. The Labute approximate surface area is 202 Å². The number of carbonyl (C=O) groups excluding carboxylic acids is 3. The number of rotatable bonds is 6. The second kappa shape index (κ2) is 10.4. The summed E-state index contributed by atoms with van der Waals surface area (Å²) in [6, 6.07) is 17.9. The first-order chi connectivity index (χ1) is 16.9. The van der Waals surface area contributed by atoms with Gasteiger partial charge in [-0.05, 0) is 42.8 Å². The van der Waals surface area contributed by atoms with Crippen molar-refractivity contribution in [2.45, 2.75) is 39.5 Å². The van der Waals surface area contributed by atoms with Crippen LogP contribution in [0, 0.1) is 5.82 Å². The van der Waals surface area contributed by atoms with Crippen LogP contribution in [0.2, 0.25) is 0 Å². The standard InChI is InChI=1S/C27H25FN2O5/c1-3-23-27(33)30(15-18-8-4-6-10-22(18)28)16-19-14-20(12-13-24(19)35-23)29-26(32)21-9-5-7-11-25(21)34-17(2)31/h4-14,23H,3,15-16H2,1-2H3,(H,29,32)/t23-/m0/s1. The third-order valence-electron chi connectivity index (χ3n) is 5.61. The van der Waals surface area contributed by atoms with Crippen LogP contribution >= 0.6 is 0 Å². The molecule has 3 aromatic carbocycles. The molecule has 3 aromatic rings. The lowest BCUT2D eigenvalue weighted by Crippen LogP contribution is -2.39. The first kappa shape index (κ1) is 23.9. The molecular weight excluding hydrogens is 451 g/mol. The lowest BCUT2D eigenvalue weighted by Gasteiger charge is -2.23. The number of halogens is 1. The number of ether oxygens (including phenoxy) is 2. The number of nitrogens with zero attached hydrogens (tertiary/aromatic N) is 1. The van der Waals surface area contributed by atoms with Crippen molar-refractivity contribution in [1.29, 1.82) is 0 Å². The average molecular weight is 477 g/mol. The van der Waals surface area contributed by atoms with E-state index in [1.165, 1.54) is 19.1 Å². The van der Waals surface area contributed by atoms with Crippen LogP contribution in [0.5, 0.6) is 11.5 Å². The van der Waals surface area contributed by atoms with Crippen molar-refractivity contribution in [3.8, 4) is 11.5 Å². The molecule has 0 aromatic heterocycles. The van der Waals surface area contributed by atoms with Crippen LogP contribution in [-0.2, 0) is 22.7 Å². The number of esters is 1. The van der Waals surface area contributed by atoms with E-state index >= 15 is 0 Å². The second-order valence-corrected chi connectivity index (χ2v) is 8.17. The fourth-order valence-electron chi connectivity index (χ4n) is 3.91. The SMILES string of the molecule is CC[C@@H]1Oc2ccc(NC(=O)c3ccccc3OC(C)=O)cc2CN(Cc2ccccc2F)C1=O. The van der Waals surface area contributed by atoms with Gasteiger partial charge < -0.3 is 19.7 Å². The van der Waals surface area contributed by atoms with Crippen molar-refractivity contribution >= 4 is 23.5 Å². The molecule has 0 bridgehead atoms. The number of fused-ring (bicyclic) bond motifs is 1. The van der Waals surface area contributed by atoms with Gasteiger partial charge in [0.15, 0.2) is 6.10 Å². The monoisotopic (exact) mass is 476 g/mol. The fourth-order valence-corrected chi connectivity index (χ4v) is 3.91. The Kier molecular flexibility index (Phi) is 7.10. The van der Waals surface area contributed by atoms with E-state index in [2.05, 4.69) is 5.32 Å². The minimum atomic E-state index is -0.695. The molecule has 0 aliphatic carbocycles. The Morgan fingerprint density at radius 2 is 1.86 bits per heavy atom. The summed E-state index contributed by atoms with van der Waals surface area (Å²) in [7, 11) is 0. The maximum Gasteiger partial charge on any atom is 0.308 e. The van der Waals surface area contributed by atoms with E-state index in [9.17, 15) is 18.8 Å². The van der Waals surface area contributed by atoms with E-state index in [0.29, 0.717) is 29.0 Å². The Bertz CT molecular complexity index is 1280. The summed E-state index contributed by atoms with van der Waals surface area (Å²) in [5.41, 5.74) is 1.77. The zero-order valence-corrected chi connectivity index (χ0v) is 19.4. The van der Waals surface area contributed by atoms with Crippen molar-refractivity contribution in [2.24, 2.45) is 0 Å². The minimum absolute atomic E-state index is 0.0944. The van der Waals surface area contributed by atoms with Crippen molar-refractivity contribution in [2.75, 3.05) is 5.32 Å². The first-order valence-electron chi connectivity index (χ1n) is 11.3. The molecule has 0 saturated carbocycles. The topological polar surface area (TPSA) is 84.9 Å². The molecule has 1 atom stereocenters. The van der Waals surface area contributed by atoms with Crippen LogP contribution in [-0.4, -0.2) is 28.8 Å². The number of hydrogen-bond donors (Lipinski definition) is 1. The number of benzene rings is 3. The lowest BCUT2D eigenvalue weighted by molar-refractivity contribution is -0.139. The van der Waals surface area contributed by atoms with Gasteiger partial charge in [-0.15, -0.1) is 0 Å². The summed E-state index contributed by atoms with van der Waals surface area (Å²) in [6.45, 7) is 3.40. The van der Waals surface area contributed by atoms with Gasteiger partial charge in [-0.25, -0.2) is 4.39 Å². The Hall–Kier alpha value is -4.20. The van der Waals surface area contributed by atoms with Crippen molar-refractivity contribution in [1.82, 2.24) is 4.90 Å². The van der Waals surface area contributed by atoms with Gasteiger partial charge in [-0.3, -0.25) is 14.4 Å². The molecule has 8 heteroatoms. The maximum absolute atomic E-state index is 14.3. The molecule has 180 valence electrons. The van der Waals surface area contributed by atoms with Gasteiger partial charge >= 0.3 is 5.97 Å². The molecule has 0 radical (unpaired) electrons. The predicted molar refractivity (Wildman–Crippen MR) is 128 cm³/mol. The van der Waals surface area contributed by atoms with Crippen LogP contribution in [0.15, 0.2) is 66.7 Å². The van der Waals surface area contributed by atoms with Crippen LogP contribution in [0.4, 0.5) is 10.1 Å². The van der Waals surface area contributed by atoms with Crippen LogP contribution in [0.1, 0.15) is 41.8 Å². The number of para-hydroxylation sites is 1. The molecule has 4 rings (SSSR count). The summed E-state index contributed by atoms with van der Waals surface area (Å²) in [5, 5.41) is 2.80. The highest BCUT2D eigenvalue weighted by atomic mass is 19.1. The van der Waals surface area contributed by atoms with Gasteiger partial charge in [0.05, 0.1) is 5.56 Å². The van der Waals surface area contributed by atoms with Crippen LogP contribution < -0.4 is 14.8 Å². The van der Waals surface area contributed by atoms with E-state index in [-0.39, 0.29) is 36.1 Å². The van der Waals surface area contributed by atoms with Crippen molar-refractivity contribution in [3.05, 3.63) is 89.2 Å². The van der Waals surface area contributed by atoms with E-state index in [1.54, 1.807) is 59.5 Å². The van der Waals surface area contributed by atoms with Gasteiger partial charge in [0, 0.05) is 36.8 Å². The number of amides is 2. The smallest absolute Gasteiger partial charge is 0.308 e. The zero-order chi connectivity index (χ0) is 24.9. The zero-order valence-electron chi connectivity index (χ0n) is 19.4. The Morgan fingerprint density at radius 1 is 1.11 bits per heavy atom. The quantitative estimate of drug-likeness (QED) is 0.412. The maximum atomic E-state index is 14.3. The Balaban J connectivity index is 1.60. The van der Waals surface area contributed by atoms with Gasteiger partial charge in [-0.2, -0.15) is 0 Å². The Morgan fingerprint density at radius 3 is 2.60 bits per heavy atom. The highest BCUT2D eigenvalue weighted by molar-refractivity contribution is 6.06. The molecule has 0 unspecified atom stereocenters. The average Bonchev–Trinajstić information content (AvgIpc) is 2.96. The minimum Gasteiger partial charge on any atom is -0.480 e. The number of carbonyl (C=O) groups is 3. The number of nitrogens with one attached hydrogen (secondary N) is 1. The molecule has 0 saturated heterocycles. The molecule has 7 nitrogen and oxygen atoms in total. The van der Waals surface area contributed by atoms with E-state index in [0.717, 1.165) is 0 Å². The van der Waals surface area contributed by atoms with Gasteiger partial charge in [0.1, 0.15) is 17.3 Å². The summed E-state index contributed by atoms with van der Waals surface area (Å²) in [5.74, 6) is -0.916. The third kappa shape index (κ3) is 5.48. The molecule has 0 fully saturated rings. The molecule has 1 heterocycles. The first-order valence-corrected chi connectivity index (χ1v) is 11.3. The molecular formula is C27H25FN2O5.